The van der Waals surface area contributed by atoms with Crippen molar-refractivity contribution in [3.8, 4) is 0 Å². The summed E-state index contributed by atoms with van der Waals surface area (Å²) in [7, 11) is 0. The van der Waals surface area contributed by atoms with Gasteiger partial charge in [0.2, 0.25) is 5.91 Å². The second-order valence-corrected chi connectivity index (χ2v) is 5.70. The minimum absolute atomic E-state index is 0.107. The maximum absolute atomic E-state index is 12.0. The normalized spacial score (nSPS) is 38.7. The van der Waals surface area contributed by atoms with Gasteiger partial charge in [-0.1, -0.05) is 13.8 Å². The molecular weight excluding hydrogens is 216 g/mol. The van der Waals surface area contributed by atoms with E-state index in [9.17, 15) is 4.79 Å². The van der Waals surface area contributed by atoms with Gasteiger partial charge >= 0.3 is 0 Å². The van der Waals surface area contributed by atoms with Crippen LogP contribution in [0.1, 0.15) is 33.1 Å². The van der Waals surface area contributed by atoms with E-state index in [4.69, 9.17) is 4.74 Å². The molecule has 4 heteroatoms. The van der Waals surface area contributed by atoms with Crippen LogP contribution in [0.5, 0.6) is 0 Å². The van der Waals surface area contributed by atoms with Gasteiger partial charge in [0.25, 0.3) is 0 Å². The summed E-state index contributed by atoms with van der Waals surface area (Å²) >= 11 is 0. The summed E-state index contributed by atoms with van der Waals surface area (Å²) in [6.45, 7) is 6.54. The van der Waals surface area contributed by atoms with Crippen molar-refractivity contribution in [3.05, 3.63) is 0 Å². The summed E-state index contributed by atoms with van der Waals surface area (Å²) in [4.78, 5) is 12.0. The Morgan fingerprint density at radius 2 is 1.94 bits per heavy atom. The van der Waals surface area contributed by atoms with Gasteiger partial charge in [0, 0.05) is 12.6 Å². The van der Waals surface area contributed by atoms with Crippen molar-refractivity contribution in [2.75, 3.05) is 19.8 Å². The summed E-state index contributed by atoms with van der Waals surface area (Å²) < 4.78 is 5.31. The van der Waals surface area contributed by atoms with Crippen molar-refractivity contribution in [2.45, 2.75) is 45.2 Å². The van der Waals surface area contributed by atoms with Crippen LogP contribution >= 0.6 is 0 Å². The third kappa shape index (κ3) is 3.68. The second kappa shape index (κ2) is 5.83. The van der Waals surface area contributed by atoms with Gasteiger partial charge in [-0.15, -0.1) is 0 Å². The van der Waals surface area contributed by atoms with E-state index in [1.54, 1.807) is 0 Å². The topological polar surface area (TPSA) is 50.4 Å². The lowest BCUT2D eigenvalue weighted by Crippen LogP contribution is -2.54. The van der Waals surface area contributed by atoms with Gasteiger partial charge in [-0.3, -0.25) is 4.79 Å². The fourth-order valence-corrected chi connectivity index (χ4v) is 3.10. The Hall–Kier alpha value is -0.610. The lowest BCUT2D eigenvalue weighted by atomic mass is 9.80. The number of hydrogen-bond acceptors (Lipinski definition) is 3. The molecular formula is C13H24N2O2. The molecule has 0 aromatic rings. The Balaban J connectivity index is 1.80. The van der Waals surface area contributed by atoms with Gasteiger partial charge in [-0.05, 0) is 31.1 Å². The molecule has 17 heavy (non-hydrogen) atoms. The zero-order valence-corrected chi connectivity index (χ0v) is 10.9. The molecule has 1 saturated carbocycles. The summed E-state index contributed by atoms with van der Waals surface area (Å²) in [5.41, 5.74) is 0. The van der Waals surface area contributed by atoms with Crippen LogP contribution in [-0.4, -0.2) is 37.7 Å². The minimum atomic E-state index is -0.156. The summed E-state index contributed by atoms with van der Waals surface area (Å²) in [6, 6.07) is 0.196. The van der Waals surface area contributed by atoms with Gasteiger partial charge in [0.05, 0.1) is 13.2 Å². The van der Waals surface area contributed by atoms with Gasteiger partial charge < -0.3 is 15.4 Å². The van der Waals surface area contributed by atoms with Gasteiger partial charge in [-0.25, -0.2) is 0 Å². The standard InChI is InChI=1S/C13H24N2O2/c1-9-5-10(2)7-11(6-9)15-13(16)12-8-17-4-3-14-12/h9-12,14H,3-8H2,1-2H3,(H,15,16). The number of ether oxygens (including phenoxy) is 1. The van der Waals surface area contributed by atoms with Crippen LogP contribution < -0.4 is 10.6 Å². The Morgan fingerprint density at radius 1 is 1.24 bits per heavy atom. The molecule has 2 rings (SSSR count). The number of hydrogen-bond donors (Lipinski definition) is 2. The Labute approximate surface area is 103 Å². The van der Waals surface area contributed by atoms with E-state index < -0.39 is 0 Å². The van der Waals surface area contributed by atoms with Crippen LogP contribution in [0.2, 0.25) is 0 Å². The number of carbonyl (C=O) groups excluding carboxylic acids is 1. The molecule has 98 valence electrons. The minimum Gasteiger partial charge on any atom is -0.378 e. The van der Waals surface area contributed by atoms with Gasteiger partial charge in [-0.2, -0.15) is 0 Å². The van der Waals surface area contributed by atoms with Gasteiger partial charge in [0.15, 0.2) is 0 Å². The first kappa shape index (κ1) is 12.8. The average Bonchev–Trinajstić information content (AvgIpc) is 2.28. The molecule has 0 bridgehead atoms. The maximum Gasteiger partial charge on any atom is 0.239 e. The third-order valence-corrected chi connectivity index (χ3v) is 3.76. The highest BCUT2D eigenvalue weighted by Gasteiger charge is 2.28. The lowest BCUT2D eigenvalue weighted by Gasteiger charge is -2.33. The predicted molar refractivity (Wildman–Crippen MR) is 66.7 cm³/mol. The van der Waals surface area contributed by atoms with Crippen molar-refractivity contribution in [1.29, 1.82) is 0 Å². The van der Waals surface area contributed by atoms with E-state index in [0.29, 0.717) is 19.3 Å². The largest absolute Gasteiger partial charge is 0.378 e. The first-order valence-corrected chi connectivity index (χ1v) is 6.76. The zero-order valence-electron chi connectivity index (χ0n) is 10.9. The fraction of sp³-hybridized carbons (Fsp3) is 0.923. The molecule has 1 saturated heterocycles. The van der Waals surface area contributed by atoms with E-state index in [1.807, 2.05) is 0 Å². The average molecular weight is 240 g/mol. The third-order valence-electron chi connectivity index (χ3n) is 3.76. The SMILES string of the molecule is CC1CC(C)CC(NC(=O)C2COCCN2)C1. The molecule has 0 aromatic carbocycles. The fourth-order valence-electron chi connectivity index (χ4n) is 3.10. The molecule has 0 radical (unpaired) electrons. The van der Waals surface area contributed by atoms with Crippen LogP contribution in [0.4, 0.5) is 0 Å². The number of morpholine rings is 1. The first-order chi connectivity index (χ1) is 8.15. The van der Waals surface area contributed by atoms with Crippen molar-refractivity contribution >= 4 is 5.91 Å². The van der Waals surface area contributed by atoms with Gasteiger partial charge in [0.1, 0.15) is 6.04 Å². The quantitative estimate of drug-likeness (QED) is 0.754. The molecule has 1 heterocycles. The summed E-state index contributed by atoms with van der Waals surface area (Å²) in [6.07, 6.45) is 3.52. The van der Waals surface area contributed by atoms with E-state index in [1.165, 1.54) is 6.42 Å². The van der Waals surface area contributed by atoms with Crippen molar-refractivity contribution in [3.63, 3.8) is 0 Å². The number of carbonyl (C=O) groups is 1. The molecule has 3 atom stereocenters. The summed E-state index contributed by atoms with van der Waals surface area (Å²) in [5, 5.41) is 6.36. The van der Waals surface area contributed by atoms with Crippen LogP contribution in [0.25, 0.3) is 0 Å². The van der Waals surface area contributed by atoms with Crippen LogP contribution in [-0.2, 0) is 9.53 Å². The van der Waals surface area contributed by atoms with E-state index in [2.05, 4.69) is 24.5 Å². The van der Waals surface area contributed by atoms with Crippen molar-refractivity contribution in [1.82, 2.24) is 10.6 Å². The van der Waals surface area contributed by atoms with Crippen LogP contribution in [0.15, 0.2) is 0 Å². The second-order valence-electron chi connectivity index (χ2n) is 5.70. The number of nitrogens with one attached hydrogen (secondary N) is 2. The smallest absolute Gasteiger partial charge is 0.239 e. The molecule has 2 aliphatic rings. The van der Waals surface area contributed by atoms with Crippen LogP contribution in [0, 0.1) is 11.8 Å². The molecule has 3 unspecified atom stereocenters. The highest BCUT2D eigenvalue weighted by Crippen LogP contribution is 2.28. The van der Waals surface area contributed by atoms with Crippen molar-refractivity contribution in [2.24, 2.45) is 11.8 Å². The van der Waals surface area contributed by atoms with E-state index in [0.717, 1.165) is 31.2 Å². The molecule has 2 N–H and O–H groups in total. The molecule has 0 aromatic heterocycles. The monoisotopic (exact) mass is 240 g/mol. The Morgan fingerprint density at radius 3 is 2.53 bits per heavy atom. The van der Waals surface area contributed by atoms with Crippen molar-refractivity contribution < 1.29 is 9.53 Å². The Bertz CT molecular complexity index is 254. The highest BCUT2D eigenvalue weighted by molar-refractivity contribution is 5.82. The molecule has 1 aliphatic carbocycles. The molecule has 1 amide bonds. The van der Waals surface area contributed by atoms with E-state index in [-0.39, 0.29) is 11.9 Å². The van der Waals surface area contributed by atoms with Crippen LogP contribution in [0.3, 0.4) is 0 Å². The van der Waals surface area contributed by atoms with E-state index >= 15 is 0 Å². The molecule has 1 aliphatic heterocycles. The molecule has 4 nitrogen and oxygen atoms in total. The highest BCUT2D eigenvalue weighted by atomic mass is 16.5. The molecule has 0 spiro atoms. The molecule has 2 fully saturated rings. The lowest BCUT2D eigenvalue weighted by molar-refractivity contribution is -0.127. The number of amides is 1. The Kier molecular flexibility index (Phi) is 4.40. The predicted octanol–water partition coefficient (Wildman–Crippen LogP) is 0.916. The zero-order chi connectivity index (χ0) is 12.3. The summed E-state index contributed by atoms with van der Waals surface area (Å²) in [5.74, 6) is 1.55. The first-order valence-electron chi connectivity index (χ1n) is 6.76. The maximum atomic E-state index is 12.0. The number of rotatable bonds is 2.